The molecule has 3 spiro atoms. The molecule has 10 rings (SSSR count). The van der Waals surface area contributed by atoms with E-state index in [0.29, 0.717) is 25.6 Å². The molecule has 3 heterocycles. The minimum absolute atomic E-state index is 0.0359. The van der Waals surface area contributed by atoms with E-state index in [-0.39, 0.29) is 40.0 Å². The van der Waals surface area contributed by atoms with Crippen LogP contribution in [-0.2, 0) is 4.79 Å². The number of nitrogens with zero attached hydrogens (tertiary/aromatic N) is 2. The lowest BCUT2D eigenvalue weighted by molar-refractivity contribution is -0.177. The summed E-state index contributed by atoms with van der Waals surface area (Å²) in [5.41, 5.74) is -0.593. The number of Topliss-reactive ketones (excluding diaryl/α,β-unsaturated/α-hetero) is 1. The van der Waals surface area contributed by atoms with Gasteiger partial charge in [-0.05, 0) is 106 Å². The van der Waals surface area contributed by atoms with Crippen molar-refractivity contribution in [2.24, 2.45) is 33.5 Å². The summed E-state index contributed by atoms with van der Waals surface area (Å²) in [4.78, 5) is 34.7. The van der Waals surface area contributed by atoms with Crippen molar-refractivity contribution in [2.45, 2.75) is 95.8 Å². The molecule has 2 aromatic rings. The summed E-state index contributed by atoms with van der Waals surface area (Å²) in [7, 11) is 0. The summed E-state index contributed by atoms with van der Waals surface area (Å²) < 4.78 is 0. The number of anilines is 1. The van der Waals surface area contributed by atoms with Crippen LogP contribution in [0, 0.1) is 40.4 Å². The predicted molar refractivity (Wildman–Crippen MR) is 192 cm³/mol. The lowest BCUT2D eigenvalue weighted by Crippen LogP contribution is -2.67. The second kappa shape index (κ2) is 10.6. The van der Waals surface area contributed by atoms with Crippen LogP contribution >= 0.6 is 11.3 Å². The molecule has 3 N–H and O–H groups in total. The summed E-state index contributed by atoms with van der Waals surface area (Å²) in [6.07, 6.45) is 14.2. The van der Waals surface area contributed by atoms with Crippen molar-refractivity contribution in [1.82, 2.24) is 10.2 Å². The third-order valence-electron chi connectivity index (χ3n) is 15.5. The Kier molecular flexibility index (Phi) is 6.97. The Morgan fingerprint density at radius 2 is 1.65 bits per heavy atom. The minimum atomic E-state index is -0.893. The number of nitrogens with one attached hydrogen (secondary N) is 1. The lowest BCUT2D eigenvalue weighted by Gasteiger charge is -2.71. The first kappa shape index (κ1) is 32.1. The summed E-state index contributed by atoms with van der Waals surface area (Å²) in [5.74, 6) is 0.699. The Morgan fingerprint density at radius 1 is 0.939 bits per heavy atom. The largest absolute Gasteiger partial charge is 0.393 e. The second-order valence-electron chi connectivity index (χ2n) is 17.3. The molecular weight excluding hydrogens is 631 g/mol. The van der Waals surface area contributed by atoms with E-state index in [1.54, 1.807) is 11.3 Å². The fourth-order valence-electron chi connectivity index (χ4n) is 12.8. The number of para-hydroxylation sites is 1. The summed E-state index contributed by atoms with van der Waals surface area (Å²) in [6, 6.07) is 14.3. The molecule has 5 fully saturated rings. The van der Waals surface area contributed by atoms with E-state index in [9.17, 15) is 19.8 Å². The van der Waals surface area contributed by atoms with Crippen molar-refractivity contribution < 1.29 is 19.8 Å². The highest BCUT2D eigenvalue weighted by molar-refractivity contribution is 7.14. The van der Waals surface area contributed by atoms with E-state index < -0.39 is 16.6 Å². The summed E-state index contributed by atoms with van der Waals surface area (Å²) in [6.45, 7) is 9.49. The van der Waals surface area contributed by atoms with E-state index in [4.69, 9.17) is 0 Å². The van der Waals surface area contributed by atoms with Crippen LogP contribution in [-0.4, -0.2) is 70.4 Å². The molecule has 1 aromatic heterocycles. The number of rotatable bonds is 5. The van der Waals surface area contributed by atoms with Gasteiger partial charge >= 0.3 is 0 Å². The molecule has 2 saturated heterocycles. The van der Waals surface area contributed by atoms with Gasteiger partial charge in [0, 0.05) is 52.0 Å². The van der Waals surface area contributed by atoms with Crippen LogP contribution in [0.25, 0.3) is 0 Å². The molecule has 6 aliphatic carbocycles. The van der Waals surface area contributed by atoms with Gasteiger partial charge in [0.1, 0.15) is 5.54 Å². The van der Waals surface area contributed by atoms with Crippen molar-refractivity contribution in [2.75, 3.05) is 31.2 Å². The minimum Gasteiger partial charge on any atom is -0.393 e. The number of aliphatic hydroxyl groups is 2. The average molecular weight is 682 g/mol. The molecule has 8 heteroatoms. The molecule has 8 unspecified atom stereocenters. The topological polar surface area (TPSA) is 93.1 Å². The molecule has 8 aliphatic rings. The molecule has 2 bridgehead atoms. The van der Waals surface area contributed by atoms with Crippen LogP contribution in [0.2, 0.25) is 0 Å². The van der Waals surface area contributed by atoms with E-state index in [1.165, 1.54) is 0 Å². The summed E-state index contributed by atoms with van der Waals surface area (Å²) in [5, 5.41) is 27.0. The normalized spacial score (nSPS) is 42.1. The number of amides is 1. The van der Waals surface area contributed by atoms with Gasteiger partial charge in [0.05, 0.1) is 23.3 Å². The number of aliphatic hydroxyl groups excluding tert-OH is 1. The number of allylic oxidation sites excluding steroid dienone is 4. The zero-order chi connectivity index (χ0) is 34.0. The molecule has 1 aromatic carbocycles. The van der Waals surface area contributed by atoms with Gasteiger partial charge < -0.3 is 25.3 Å². The number of piperidine rings is 1. The van der Waals surface area contributed by atoms with Gasteiger partial charge in [0.25, 0.3) is 0 Å². The fourth-order valence-corrected chi connectivity index (χ4v) is 13.6. The van der Waals surface area contributed by atoms with Gasteiger partial charge in [-0.2, -0.15) is 0 Å². The Labute approximate surface area is 294 Å². The zero-order valence-corrected chi connectivity index (χ0v) is 30.0. The molecule has 8 atom stereocenters. The highest BCUT2D eigenvalue weighted by Crippen LogP contribution is 2.78. The smallest absolute Gasteiger partial charge is 0.247 e. The number of fused-ring (bicyclic) bond motifs is 1. The molecule has 260 valence electrons. The van der Waals surface area contributed by atoms with Gasteiger partial charge in [-0.3, -0.25) is 9.59 Å². The van der Waals surface area contributed by atoms with Crippen molar-refractivity contribution in [1.29, 1.82) is 0 Å². The number of aryl methyl sites for hydroxylation is 1. The lowest BCUT2D eigenvalue weighted by atomic mass is 9.32. The van der Waals surface area contributed by atoms with Crippen molar-refractivity contribution in [3.8, 4) is 0 Å². The number of likely N-dealkylation sites (tertiary alicyclic amines) is 1. The molecular formula is C41H51N3O4S. The van der Waals surface area contributed by atoms with Crippen LogP contribution in [0.1, 0.15) is 86.2 Å². The molecule has 7 nitrogen and oxygen atoms in total. The molecule has 2 aliphatic heterocycles. The highest BCUT2D eigenvalue weighted by atomic mass is 32.1. The third kappa shape index (κ3) is 4.12. The number of carbonyl (C=O) groups excluding carboxylic acids is 2. The maximum absolute atomic E-state index is 14.7. The van der Waals surface area contributed by atoms with E-state index in [0.717, 1.165) is 85.5 Å². The van der Waals surface area contributed by atoms with E-state index in [2.05, 4.69) is 66.2 Å². The second-order valence-corrected chi connectivity index (χ2v) is 18.6. The van der Waals surface area contributed by atoms with Crippen LogP contribution < -0.4 is 10.2 Å². The third-order valence-corrected chi connectivity index (χ3v) is 16.5. The van der Waals surface area contributed by atoms with Crippen LogP contribution in [0.15, 0.2) is 66.3 Å². The monoisotopic (exact) mass is 681 g/mol. The van der Waals surface area contributed by atoms with Gasteiger partial charge in [0.2, 0.25) is 5.91 Å². The number of carbonyl (C=O) groups is 2. The number of hydrogen-bond donors (Lipinski definition) is 3. The summed E-state index contributed by atoms with van der Waals surface area (Å²) >= 11 is 1.58. The SMILES string of the molecule is Cc1ccc(C(=O)C2=CC34C=CC25C(CCC2(C)C5CCC2(O)CN2CCC5(CC2)C(=O)NCN5c2ccccc2)C3(C)CCC(O)C4)s1. The Hall–Kier alpha value is -2.78. The van der Waals surface area contributed by atoms with Crippen LogP contribution in [0.4, 0.5) is 5.69 Å². The van der Waals surface area contributed by atoms with Crippen molar-refractivity contribution >= 4 is 28.7 Å². The maximum Gasteiger partial charge on any atom is 0.247 e. The van der Waals surface area contributed by atoms with E-state index in [1.807, 2.05) is 30.3 Å². The Bertz CT molecular complexity index is 1760. The Balaban J connectivity index is 1.03. The maximum atomic E-state index is 14.7. The molecule has 49 heavy (non-hydrogen) atoms. The Morgan fingerprint density at radius 3 is 2.39 bits per heavy atom. The first-order valence-electron chi connectivity index (χ1n) is 18.7. The first-order chi connectivity index (χ1) is 23.4. The number of hydrogen-bond acceptors (Lipinski definition) is 7. The highest BCUT2D eigenvalue weighted by Gasteiger charge is 2.74. The zero-order valence-electron chi connectivity index (χ0n) is 29.2. The number of benzene rings is 1. The van der Waals surface area contributed by atoms with Crippen LogP contribution in [0.5, 0.6) is 0 Å². The number of ketones is 1. The van der Waals surface area contributed by atoms with Crippen molar-refractivity contribution in [3.05, 3.63) is 76.0 Å². The van der Waals surface area contributed by atoms with Gasteiger partial charge in [0.15, 0.2) is 5.78 Å². The molecule has 3 saturated carbocycles. The molecule has 0 radical (unpaired) electrons. The average Bonchev–Trinajstić information content (AvgIpc) is 3.75. The van der Waals surface area contributed by atoms with E-state index >= 15 is 0 Å². The first-order valence-corrected chi connectivity index (χ1v) is 19.5. The fraction of sp³-hybridized carbons (Fsp3) is 0.610. The van der Waals surface area contributed by atoms with Crippen LogP contribution in [0.3, 0.4) is 0 Å². The predicted octanol–water partition coefficient (Wildman–Crippen LogP) is 6.26. The van der Waals surface area contributed by atoms with Crippen molar-refractivity contribution in [3.63, 3.8) is 0 Å². The number of β-amino-alcohol motifs (C(OH)–C–C–N with tert-alkyl or cyclic N) is 1. The number of thiophene rings is 1. The van der Waals surface area contributed by atoms with Gasteiger partial charge in [-0.1, -0.05) is 50.3 Å². The molecule has 1 amide bonds. The quantitative estimate of drug-likeness (QED) is 0.255. The van der Waals surface area contributed by atoms with Gasteiger partial charge in [-0.15, -0.1) is 11.3 Å². The standard InChI is InChI=1S/C41H51N3O4S/c1-27-9-10-31(49-27)34(46)30-24-38-17-18-41(30)32(36(38,2)14-11-29(45)23-38)12-15-37(3)33(41)13-16-40(37,48)25-43-21-19-39(20-22-43)35(47)42-26-44(39)28-7-5-4-6-8-28/h4-10,17-18,24,29,32-33,45,48H,11-16,19-23,25-26H2,1-3H3,(H,42,47). The van der Waals surface area contributed by atoms with Gasteiger partial charge in [-0.25, -0.2) is 0 Å².